The Bertz CT molecular complexity index is 2180. The molecule has 45 heavy (non-hydrogen) atoms. The predicted molar refractivity (Wildman–Crippen MR) is 175 cm³/mol. The van der Waals surface area contributed by atoms with Gasteiger partial charge in [0.2, 0.25) is 0 Å². The van der Waals surface area contributed by atoms with Crippen LogP contribution in [0.5, 0.6) is 17.2 Å². The van der Waals surface area contributed by atoms with Crippen LogP contribution in [0, 0.1) is 0 Å². The Balaban J connectivity index is 1.46. The molecular weight excluding hydrogens is 587 g/mol. The Morgan fingerprint density at radius 2 is 1.11 bits per heavy atom. The highest BCUT2D eigenvalue weighted by atomic mass is 31.2. The third kappa shape index (κ3) is 4.97. The molecule has 220 valence electrons. The van der Waals surface area contributed by atoms with Gasteiger partial charge in [-0.15, -0.1) is 0 Å². The van der Waals surface area contributed by atoms with Crippen molar-refractivity contribution in [3.8, 4) is 28.4 Å². The Morgan fingerprint density at radius 1 is 0.578 bits per heavy atom. The number of nitrogens with two attached hydrogens (primary N) is 2. The molecule has 4 N–H and O–H groups in total. The molecule has 6 aromatic rings. The molecule has 1 unspecified atom stereocenters. The maximum Gasteiger partial charge on any atom is 0.343 e. The normalized spacial score (nSPS) is 14.9. The second-order valence-corrected chi connectivity index (χ2v) is 12.7. The number of anilines is 2. The van der Waals surface area contributed by atoms with E-state index >= 15 is 4.57 Å². The minimum atomic E-state index is -4.04. The van der Waals surface area contributed by atoms with Crippen molar-refractivity contribution in [3.05, 3.63) is 139 Å². The molecule has 0 aliphatic carbocycles. The van der Waals surface area contributed by atoms with Gasteiger partial charge in [-0.2, -0.15) is 0 Å². The molecule has 1 atom stereocenters. The van der Waals surface area contributed by atoms with Crippen molar-refractivity contribution in [2.45, 2.75) is 0 Å². The summed E-state index contributed by atoms with van der Waals surface area (Å²) in [4.78, 5) is 26.9. The lowest BCUT2D eigenvalue weighted by molar-refractivity contribution is 0.0724. The van der Waals surface area contributed by atoms with Crippen LogP contribution in [0.25, 0.3) is 21.9 Å². The number of carbonyl (C=O) groups is 2. The van der Waals surface area contributed by atoms with Crippen LogP contribution in [0.3, 0.4) is 0 Å². The summed E-state index contributed by atoms with van der Waals surface area (Å²) in [6.07, 6.45) is 0. The van der Waals surface area contributed by atoms with Crippen LogP contribution in [-0.4, -0.2) is 11.9 Å². The van der Waals surface area contributed by atoms with Crippen molar-refractivity contribution in [2.75, 3.05) is 11.5 Å². The summed E-state index contributed by atoms with van der Waals surface area (Å²) in [7, 11) is -4.04. The molecule has 0 aromatic heterocycles. The summed E-state index contributed by atoms with van der Waals surface area (Å²) in [5.74, 6) is -0.789. The first kappa shape index (κ1) is 28.0. The fraction of sp³-hybridized carbons (Fsp3) is 0. The van der Waals surface area contributed by atoms with Gasteiger partial charge in [-0.05, 0) is 72.3 Å². The fourth-order valence-electron chi connectivity index (χ4n) is 5.35. The number of para-hydroxylation sites is 1. The number of hydrogen-bond donors (Lipinski definition) is 2. The quantitative estimate of drug-likeness (QED) is 0.0949. The van der Waals surface area contributed by atoms with Gasteiger partial charge < -0.3 is 25.5 Å². The molecule has 0 bridgehead atoms. The summed E-state index contributed by atoms with van der Waals surface area (Å²) in [6, 6.07) is 35.5. The van der Waals surface area contributed by atoms with Crippen molar-refractivity contribution in [2.24, 2.45) is 0 Å². The van der Waals surface area contributed by atoms with Crippen molar-refractivity contribution < 1.29 is 28.2 Å². The molecule has 0 spiro atoms. The summed E-state index contributed by atoms with van der Waals surface area (Å²) < 4.78 is 33.8. The average Bonchev–Trinajstić information content (AvgIpc) is 3.06. The molecular formula is C36H25N2O6P. The molecule has 0 saturated carbocycles. The van der Waals surface area contributed by atoms with E-state index in [1.807, 2.05) is 24.3 Å². The highest BCUT2D eigenvalue weighted by Crippen LogP contribution is 2.56. The van der Waals surface area contributed by atoms with Gasteiger partial charge in [0.05, 0.1) is 21.7 Å². The molecule has 7 rings (SSSR count). The minimum absolute atomic E-state index is 0.0252. The number of benzene rings is 6. The van der Waals surface area contributed by atoms with E-state index in [2.05, 4.69) is 0 Å². The zero-order valence-electron chi connectivity index (χ0n) is 23.7. The first-order valence-corrected chi connectivity index (χ1v) is 15.6. The van der Waals surface area contributed by atoms with Crippen molar-refractivity contribution in [3.63, 3.8) is 0 Å². The van der Waals surface area contributed by atoms with Crippen LogP contribution >= 0.6 is 7.37 Å². The Labute approximate surface area is 258 Å². The van der Waals surface area contributed by atoms with Crippen molar-refractivity contribution in [1.82, 2.24) is 0 Å². The van der Waals surface area contributed by atoms with Gasteiger partial charge >= 0.3 is 19.3 Å². The van der Waals surface area contributed by atoms with Gasteiger partial charge in [0.25, 0.3) is 0 Å². The predicted octanol–water partition coefficient (Wildman–Crippen LogP) is 6.73. The zero-order valence-corrected chi connectivity index (χ0v) is 24.6. The number of fused-ring (bicyclic) bond motifs is 4. The third-order valence-electron chi connectivity index (χ3n) is 7.57. The van der Waals surface area contributed by atoms with Crippen molar-refractivity contribution in [1.29, 1.82) is 0 Å². The first-order chi connectivity index (χ1) is 21.8. The molecule has 9 heteroatoms. The Hall–Kier alpha value is -5.85. The van der Waals surface area contributed by atoms with Crippen LogP contribution in [0.2, 0.25) is 0 Å². The lowest BCUT2D eigenvalue weighted by atomic mass is 10.0. The van der Waals surface area contributed by atoms with E-state index in [-0.39, 0.29) is 27.9 Å². The van der Waals surface area contributed by atoms with Gasteiger partial charge in [-0.1, -0.05) is 60.7 Å². The van der Waals surface area contributed by atoms with E-state index in [4.69, 9.17) is 25.5 Å². The van der Waals surface area contributed by atoms with Crippen molar-refractivity contribution >= 4 is 52.1 Å². The Morgan fingerprint density at radius 3 is 1.78 bits per heavy atom. The molecule has 0 fully saturated rings. The third-order valence-corrected chi connectivity index (χ3v) is 10.0. The molecule has 0 radical (unpaired) electrons. The van der Waals surface area contributed by atoms with E-state index in [0.29, 0.717) is 38.8 Å². The topological polar surface area (TPSA) is 131 Å². The number of carbonyl (C=O) groups excluding carboxylic acids is 2. The summed E-state index contributed by atoms with van der Waals surface area (Å²) >= 11 is 0. The molecule has 1 heterocycles. The van der Waals surface area contributed by atoms with Gasteiger partial charge in [0, 0.05) is 27.7 Å². The SMILES string of the molecule is Nc1ccc(C(=O)Oc2cc(P3(=O)Oc4ccccc4-c4ccccc43)c(OC(=O)c3ccc(N)cc3)c3ccccc23)cc1. The van der Waals surface area contributed by atoms with Crippen LogP contribution in [-0.2, 0) is 4.57 Å². The molecule has 1 aliphatic rings. The Kier molecular flexibility index (Phi) is 6.84. The highest BCUT2D eigenvalue weighted by Gasteiger charge is 2.41. The van der Waals surface area contributed by atoms with Crippen LogP contribution in [0.4, 0.5) is 11.4 Å². The van der Waals surface area contributed by atoms with Crippen LogP contribution in [0.15, 0.2) is 127 Å². The first-order valence-electron chi connectivity index (χ1n) is 14.0. The number of esters is 2. The highest BCUT2D eigenvalue weighted by molar-refractivity contribution is 7.75. The maximum atomic E-state index is 15.4. The molecule has 6 aromatic carbocycles. The second kappa shape index (κ2) is 11.0. The van der Waals surface area contributed by atoms with Gasteiger partial charge in [-0.25, -0.2) is 9.59 Å². The van der Waals surface area contributed by atoms with E-state index < -0.39 is 19.3 Å². The summed E-state index contributed by atoms with van der Waals surface area (Å²) in [5.41, 5.74) is 14.6. The van der Waals surface area contributed by atoms with E-state index in [0.717, 1.165) is 5.56 Å². The molecule has 0 saturated heterocycles. The number of hydrogen-bond acceptors (Lipinski definition) is 8. The standard InChI is InChI=1S/C36H25N2O6P/c37-24-17-13-22(14-18-24)35(39)42-31-21-33(45(41)32-12-6-4-9-28(32)26-7-3-5-11-30(26)44-45)34(29-10-2-1-8-27(29)31)43-36(40)23-15-19-25(38)20-16-23/h1-21H,37-38H2. The van der Waals surface area contributed by atoms with Gasteiger partial charge in [0.1, 0.15) is 11.5 Å². The van der Waals surface area contributed by atoms with E-state index in [1.54, 1.807) is 97.1 Å². The van der Waals surface area contributed by atoms with E-state index in [9.17, 15) is 9.59 Å². The maximum absolute atomic E-state index is 15.4. The second-order valence-electron chi connectivity index (χ2n) is 10.4. The van der Waals surface area contributed by atoms with Gasteiger partial charge in [-0.3, -0.25) is 4.57 Å². The number of rotatable bonds is 5. The van der Waals surface area contributed by atoms with Gasteiger partial charge in [0.15, 0.2) is 5.75 Å². The molecule has 1 aliphatic heterocycles. The largest absolute Gasteiger partial charge is 0.436 e. The number of nitrogen functional groups attached to an aromatic ring is 2. The zero-order chi connectivity index (χ0) is 31.1. The van der Waals surface area contributed by atoms with E-state index in [1.165, 1.54) is 6.07 Å². The molecule has 8 nitrogen and oxygen atoms in total. The lowest BCUT2D eigenvalue weighted by Crippen LogP contribution is -2.28. The monoisotopic (exact) mass is 612 g/mol. The minimum Gasteiger partial charge on any atom is -0.436 e. The number of ether oxygens (including phenoxy) is 2. The van der Waals surface area contributed by atoms with Crippen LogP contribution < -0.4 is 36.1 Å². The van der Waals surface area contributed by atoms with Crippen LogP contribution in [0.1, 0.15) is 20.7 Å². The average molecular weight is 613 g/mol. The lowest BCUT2D eigenvalue weighted by Gasteiger charge is -2.30. The smallest absolute Gasteiger partial charge is 0.343 e. The summed E-state index contributed by atoms with van der Waals surface area (Å²) in [5, 5.41) is 1.34. The summed E-state index contributed by atoms with van der Waals surface area (Å²) in [6.45, 7) is 0. The fourth-order valence-corrected chi connectivity index (χ4v) is 7.76. The molecule has 0 amide bonds.